The van der Waals surface area contributed by atoms with Gasteiger partial charge in [-0.05, 0) is 18.8 Å². The molecule has 21 heavy (non-hydrogen) atoms. The van der Waals surface area contributed by atoms with Crippen molar-refractivity contribution in [2.45, 2.75) is 31.4 Å². The number of carbonyl (C=O) groups excluding carboxylic acids is 1. The van der Waals surface area contributed by atoms with Gasteiger partial charge in [-0.25, -0.2) is 4.79 Å². The van der Waals surface area contributed by atoms with E-state index < -0.39 is 12.0 Å². The molecule has 0 spiro atoms. The van der Waals surface area contributed by atoms with E-state index in [4.69, 9.17) is 9.84 Å². The first-order chi connectivity index (χ1) is 10.1. The van der Waals surface area contributed by atoms with Crippen molar-refractivity contribution < 1.29 is 24.5 Å². The zero-order valence-corrected chi connectivity index (χ0v) is 12.0. The van der Waals surface area contributed by atoms with Crippen LogP contribution in [0.15, 0.2) is 0 Å². The third kappa shape index (κ3) is 2.85. The number of aliphatic carboxylic acids is 1. The van der Waals surface area contributed by atoms with Crippen LogP contribution in [0.5, 0.6) is 0 Å². The lowest BCUT2D eigenvalue weighted by atomic mass is 10.00. The summed E-state index contributed by atoms with van der Waals surface area (Å²) >= 11 is 0. The molecule has 0 aromatic rings. The second-order valence-electron chi connectivity index (χ2n) is 6.28. The van der Waals surface area contributed by atoms with Gasteiger partial charge in [-0.3, -0.25) is 4.79 Å². The van der Waals surface area contributed by atoms with E-state index in [2.05, 4.69) is 0 Å². The zero-order chi connectivity index (χ0) is 15.0. The van der Waals surface area contributed by atoms with Crippen molar-refractivity contribution in [2.75, 3.05) is 32.8 Å². The Labute approximate surface area is 123 Å². The highest BCUT2D eigenvalue weighted by molar-refractivity contribution is 5.76. The van der Waals surface area contributed by atoms with Crippen LogP contribution in [-0.2, 0) is 9.53 Å². The lowest BCUT2D eigenvalue weighted by Crippen LogP contribution is -2.54. The highest BCUT2D eigenvalue weighted by Crippen LogP contribution is 2.38. The Morgan fingerprint density at radius 3 is 2.76 bits per heavy atom. The number of amides is 2. The highest BCUT2D eigenvalue weighted by atomic mass is 16.5. The van der Waals surface area contributed by atoms with Gasteiger partial charge in [-0.15, -0.1) is 0 Å². The molecule has 4 unspecified atom stereocenters. The Morgan fingerprint density at radius 2 is 2.05 bits per heavy atom. The van der Waals surface area contributed by atoms with Crippen molar-refractivity contribution in [3.05, 3.63) is 0 Å². The van der Waals surface area contributed by atoms with E-state index in [9.17, 15) is 14.7 Å². The highest BCUT2D eigenvalue weighted by Gasteiger charge is 2.45. The monoisotopic (exact) mass is 298 g/mol. The number of nitrogens with zero attached hydrogens (tertiary/aromatic N) is 2. The number of aliphatic hydroxyl groups is 1. The van der Waals surface area contributed by atoms with Crippen molar-refractivity contribution in [1.82, 2.24) is 9.80 Å². The van der Waals surface area contributed by atoms with Crippen LogP contribution in [0.3, 0.4) is 0 Å². The van der Waals surface area contributed by atoms with Crippen molar-refractivity contribution >= 4 is 12.0 Å². The van der Waals surface area contributed by atoms with E-state index in [1.807, 2.05) is 0 Å². The summed E-state index contributed by atoms with van der Waals surface area (Å²) in [4.78, 5) is 27.0. The molecule has 3 aliphatic rings. The number of carboxylic acid groups (broad SMARTS) is 1. The molecule has 0 bridgehead atoms. The second kappa shape index (κ2) is 5.81. The normalized spacial score (nSPS) is 35.9. The van der Waals surface area contributed by atoms with Crippen LogP contribution in [-0.4, -0.2) is 77.0 Å². The number of carboxylic acids is 1. The molecule has 2 aliphatic heterocycles. The minimum atomic E-state index is -0.919. The molecule has 118 valence electrons. The van der Waals surface area contributed by atoms with Gasteiger partial charge in [0.15, 0.2) is 0 Å². The predicted molar refractivity (Wildman–Crippen MR) is 72.8 cm³/mol. The van der Waals surface area contributed by atoms with Crippen molar-refractivity contribution in [3.63, 3.8) is 0 Å². The molecule has 7 heteroatoms. The lowest BCUT2D eigenvalue weighted by Gasteiger charge is -2.37. The van der Waals surface area contributed by atoms with Gasteiger partial charge in [-0.2, -0.15) is 0 Å². The molecule has 3 fully saturated rings. The molecule has 0 radical (unpaired) electrons. The fourth-order valence-corrected chi connectivity index (χ4v) is 3.85. The number of morpholine rings is 1. The third-order valence-electron chi connectivity index (χ3n) is 4.97. The first-order valence-corrected chi connectivity index (χ1v) is 7.59. The average molecular weight is 298 g/mol. The van der Waals surface area contributed by atoms with Gasteiger partial charge in [0.25, 0.3) is 0 Å². The molecular formula is C14H22N2O5. The summed E-state index contributed by atoms with van der Waals surface area (Å²) in [6, 6.07) is -0.500. The number of carbonyl (C=O) groups is 2. The largest absolute Gasteiger partial charge is 0.481 e. The molecule has 0 aromatic carbocycles. The quantitative estimate of drug-likeness (QED) is 0.748. The molecule has 0 aromatic heterocycles. The van der Waals surface area contributed by atoms with E-state index >= 15 is 0 Å². The minimum absolute atomic E-state index is 0.0882. The van der Waals surface area contributed by atoms with Crippen LogP contribution in [0.4, 0.5) is 4.79 Å². The summed E-state index contributed by atoms with van der Waals surface area (Å²) in [7, 11) is 0. The van der Waals surface area contributed by atoms with Crippen molar-refractivity contribution in [1.29, 1.82) is 0 Å². The molecule has 2 heterocycles. The number of aliphatic hydroxyl groups excluding tert-OH is 1. The Kier molecular flexibility index (Phi) is 4.03. The molecule has 1 saturated carbocycles. The fraction of sp³-hybridized carbons (Fsp3) is 0.857. The maximum absolute atomic E-state index is 12.7. The average Bonchev–Trinajstić information content (AvgIpc) is 3.01. The predicted octanol–water partition coefficient (Wildman–Crippen LogP) is -0.0154. The van der Waals surface area contributed by atoms with E-state index in [-0.39, 0.29) is 31.1 Å². The van der Waals surface area contributed by atoms with Gasteiger partial charge >= 0.3 is 12.0 Å². The molecule has 2 amide bonds. The standard InChI is InChI=1S/C14H22N2O5/c17-12-2-1-9-6-15(7-11(9)12)14(20)16-3-4-21-8-10(16)5-13(18)19/h9-12,17H,1-8H2,(H,18,19). The van der Waals surface area contributed by atoms with Gasteiger partial charge in [0.1, 0.15) is 0 Å². The molecular weight excluding hydrogens is 276 g/mol. The van der Waals surface area contributed by atoms with Crippen LogP contribution < -0.4 is 0 Å². The first kappa shape index (κ1) is 14.6. The van der Waals surface area contributed by atoms with E-state index in [1.54, 1.807) is 9.80 Å². The summed E-state index contributed by atoms with van der Waals surface area (Å²) in [5.41, 5.74) is 0. The Balaban J connectivity index is 1.65. The van der Waals surface area contributed by atoms with Gasteiger partial charge < -0.3 is 24.7 Å². The maximum atomic E-state index is 12.7. The number of hydrogen-bond donors (Lipinski definition) is 2. The number of fused-ring (bicyclic) bond motifs is 1. The van der Waals surface area contributed by atoms with E-state index in [1.165, 1.54) is 0 Å². The summed E-state index contributed by atoms with van der Waals surface area (Å²) in [6.45, 7) is 2.43. The van der Waals surface area contributed by atoms with Crippen molar-refractivity contribution in [2.24, 2.45) is 11.8 Å². The number of ether oxygens (including phenoxy) is 1. The van der Waals surface area contributed by atoms with Crippen molar-refractivity contribution in [3.8, 4) is 0 Å². The number of urea groups is 1. The SMILES string of the molecule is O=C(O)CC1COCCN1C(=O)N1CC2CCC(O)C2C1. The second-order valence-corrected chi connectivity index (χ2v) is 6.28. The molecule has 2 saturated heterocycles. The molecule has 3 rings (SSSR count). The number of rotatable bonds is 2. The minimum Gasteiger partial charge on any atom is -0.481 e. The Bertz CT molecular complexity index is 430. The lowest BCUT2D eigenvalue weighted by molar-refractivity contribution is -0.139. The third-order valence-corrected chi connectivity index (χ3v) is 4.97. The van der Waals surface area contributed by atoms with E-state index in [0.29, 0.717) is 32.2 Å². The number of hydrogen-bond acceptors (Lipinski definition) is 4. The van der Waals surface area contributed by atoms with Crippen LogP contribution in [0, 0.1) is 11.8 Å². The summed E-state index contributed by atoms with van der Waals surface area (Å²) in [5.74, 6) is -0.340. The van der Waals surface area contributed by atoms with Crippen LogP contribution in [0.2, 0.25) is 0 Å². The van der Waals surface area contributed by atoms with Gasteiger partial charge in [-0.1, -0.05) is 0 Å². The maximum Gasteiger partial charge on any atom is 0.320 e. The molecule has 2 N–H and O–H groups in total. The summed E-state index contributed by atoms with van der Waals surface area (Å²) < 4.78 is 5.30. The zero-order valence-electron chi connectivity index (χ0n) is 12.0. The van der Waals surface area contributed by atoms with Crippen LogP contribution >= 0.6 is 0 Å². The van der Waals surface area contributed by atoms with Crippen LogP contribution in [0.25, 0.3) is 0 Å². The Hall–Kier alpha value is -1.34. The smallest absolute Gasteiger partial charge is 0.320 e. The Morgan fingerprint density at radius 1 is 1.24 bits per heavy atom. The van der Waals surface area contributed by atoms with E-state index in [0.717, 1.165) is 12.8 Å². The van der Waals surface area contributed by atoms with Gasteiger partial charge in [0, 0.05) is 25.6 Å². The topological polar surface area (TPSA) is 90.3 Å². The molecule has 1 aliphatic carbocycles. The van der Waals surface area contributed by atoms with Gasteiger partial charge in [0.2, 0.25) is 0 Å². The summed E-state index contributed by atoms with van der Waals surface area (Å²) in [5, 5.41) is 18.9. The van der Waals surface area contributed by atoms with Crippen LogP contribution in [0.1, 0.15) is 19.3 Å². The van der Waals surface area contributed by atoms with Gasteiger partial charge in [0.05, 0.1) is 31.8 Å². The number of likely N-dealkylation sites (tertiary alicyclic amines) is 1. The first-order valence-electron chi connectivity index (χ1n) is 7.59. The summed E-state index contributed by atoms with van der Waals surface area (Å²) in [6.07, 6.45) is 1.41. The fourth-order valence-electron chi connectivity index (χ4n) is 3.85. The molecule has 4 atom stereocenters. The molecule has 7 nitrogen and oxygen atoms in total.